The van der Waals surface area contributed by atoms with Gasteiger partial charge in [0.25, 0.3) is 11.8 Å². The number of imide groups is 1. The zero-order valence-corrected chi connectivity index (χ0v) is 20.2. The molecular formula is C26H32N4O5. The van der Waals surface area contributed by atoms with Crippen molar-refractivity contribution in [3.63, 3.8) is 0 Å². The number of amides is 4. The third-order valence-corrected chi connectivity index (χ3v) is 6.47. The van der Waals surface area contributed by atoms with Crippen LogP contribution in [0.5, 0.6) is 11.5 Å². The molecule has 2 aromatic rings. The summed E-state index contributed by atoms with van der Waals surface area (Å²) in [5, 5.41) is 3.57. The topological polar surface area (TPSA) is 100 Å². The number of ether oxygens (including phenoxy) is 2. The molecule has 0 aromatic heterocycles. The minimum atomic E-state index is -1.18. The van der Waals surface area contributed by atoms with Gasteiger partial charge in [0.05, 0.1) is 13.2 Å². The van der Waals surface area contributed by atoms with Crippen LogP contribution < -0.4 is 20.2 Å². The summed E-state index contributed by atoms with van der Waals surface area (Å²) in [5.41, 5.74) is 2.00. The predicted molar refractivity (Wildman–Crippen MR) is 130 cm³/mol. The summed E-state index contributed by atoms with van der Waals surface area (Å²) in [7, 11) is 0. The minimum absolute atomic E-state index is 0.0258. The number of hydrogen-bond donors (Lipinski definition) is 2. The number of urea groups is 1. The van der Waals surface area contributed by atoms with Gasteiger partial charge in [-0.2, -0.15) is 5.01 Å². The summed E-state index contributed by atoms with van der Waals surface area (Å²) in [6, 6.07) is 16.1. The number of carbonyl (C=O) groups is 3. The molecule has 4 amide bonds. The molecule has 1 unspecified atom stereocenters. The maximum Gasteiger partial charge on any atom is 0.344 e. The highest BCUT2D eigenvalue weighted by molar-refractivity contribution is 6.08. The monoisotopic (exact) mass is 480 g/mol. The van der Waals surface area contributed by atoms with Gasteiger partial charge in [-0.15, -0.1) is 0 Å². The highest BCUT2D eigenvalue weighted by atomic mass is 16.5. The standard InChI is InChI=1S/C26H32N4O5/c1-3-26(19-10-6-5-7-11-19)24(32)30(25(33)27-26)28-23(31)18-29-16-14-20(15-17-29)35-22-13-9-8-12-21(22)34-4-2/h5-13,20H,3-4,14-18H2,1-2H3,(H,27,33)(H,28,31). The zero-order chi connectivity index (χ0) is 24.8. The number of para-hydroxylation sites is 2. The van der Waals surface area contributed by atoms with Crippen molar-refractivity contribution in [2.45, 2.75) is 44.8 Å². The van der Waals surface area contributed by atoms with Crippen LogP contribution in [0.2, 0.25) is 0 Å². The molecular weight excluding hydrogens is 448 g/mol. The lowest BCUT2D eigenvalue weighted by Gasteiger charge is -2.32. The van der Waals surface area contributed by atoms with Gasteiger partial charge in [-0.25, -0.2) is 4.79 Å². The fraction of sp³-hybridized carbons (Fsp3) is 0.423. The Morgan fingerprint density at radius 1 is 1.03 bits per heavy atom. The van der Waals surface area contributed by atoms with Crippen molar-refractivity contribution in [1.82, 2.24) is 20.7 Å². The van der Waals surface area contributed by atoms with E-state index in [0.29, 0.717) is 31.7 Å². The SMILES string of the molecule is CCOc1ccccc1OC1CCN(CC(=O)NN2C(=O)NC(CC)(c3ccccc3)C2=O)CC1. The van der Waals surface area contributed by atoms with E-state index in [0.717, 1.165) is 29.3 Å². The van der Waals surface area contributed by atoms with Crippen molar-refractivity contribution in [3.8, 4) is 11.5 Å². The van der Waals surface area contributed by atoms with Crippen LogP contribution >= 0.6 is 0 Å². The largest absolute Gasteiger partial charge is 0.490 e. The summed E-state index contributed by atoms with van der Waals surface area (Å²) in [4.78, 5) is 40.5. The predicted octanol–water partition coefficient (Wildman–Crippen LogP) is 2.82. The molecule has 4 rings (SSSR count). The first-order valence-electron chi connectivity index (χ1n) is 12.1. The summed E-state index contributed by atoms with van der Waals surface area (Å²) >= 11 is 0. The molecule has 2 saturated heterocycles. The van der Waals surface area contributed by atoms with Crippen molar-refractivity contribution in [2.24, 2.45) is 0 Å². The number of hydrogen-bond acceptors (Lipinski definition) is 6. The van der Waals surface area contributed by atoms with E-state index in [1.165, 1.54) is 0 Å². The maximum absolute atomic E-state index is 13.2. The van der Waals surface area contributed by atoms with E-state index in [1.54, 1.807) is 12.1 Å². The van der Waals surface area contributed by atoms with E-state index < -0.39 is 23.4 Å². The molecule has 1 atom stereocenters. The number of hydrazine groups is 1. The molecule has 0 bridgehead atoms. The molecule has 186 valence electrons. The number of nitrogens with one attached hydrogen (secondary N) is 2. The third-order valence-electron chi connectivity index (χ3n) is 6.47. The van der Waals surface area contributed by atoms with Gasteiger partial charge in [0.15, 0.2) is 11.5 Å². The quantitative estimate of drug-likeness (QED) is 0.536. The normalized spacial score (nSPS) is 21.0. The van der Waals surface area contributed by atoms with Crippen molar-refractivity contribution in [1.29, 1.82) is 0 Å². The molecule has 2 fully saturated rings. The maximum atomic E-state index is 13.2. The summed E-state index contributed by atoms with van der Waals surface area (Å²) in [6.45, 7) is 5.74. The van der Waals surface area contributed by atoms with E-state index in [-0.39, 0.29) is 12.6 Å². The number of benzene rings is 2. The average molecular weight is 481 g/mol. The molecule has 2 aliphatic rings. The van der Waals surface area contributed by atoms with E-state index in [9.17, 15) is 14.4 Å². The highest BCUT2D eigenvalue weighted by Gasteiger charge is 2.52. The summed E-state index contributed by atoms with van der Waals surface area (Å²) in [6.07, 6.45) is 1.90. The lowest BCUT2D eigenvalue weighted by atomic mass is 9.87. The molecule has 35 heavy (non-hydrogen) atoms. The minimum Gasteiger partial charge on any atom is -0.490 e. The molecule has 2 aliphatic heterocycles. The first-order chi connectivity index (χ1) is 17.0. The van der Waals surface area contributed by atoms with Crippen LogP contribution in [0.4, 0.5) is 4.79 Å². The van der Waals surface area contributed by atoms with E-state index in [1.807, 2.05) is 61.2 Å². The fourth-order valence-electron chi connectivity index (χ4n) is 4.59. The van der Waals surface area contributed by atoms with Crippen molar-refractivity contribution in [2.75, 3.05) is 26.2 Å². The second-order valence-electron chi connectivity index (χ2n) is 8.70. The fourth-order valence-corrected chi connectivity index (χ4v) is 4.59. The van der Waals surface area contributed by atoms with E-state index in [2.05, 4.69) is 10.7 Å². The number of nitrogens with zero attached hydrogens (tertiary/aromatic N) is 2. The summed E-state index contributed by atoms with van der Waals surface area (Å²) in [5.74, 6) is 0.560. The Bertz CT molecular complexity index is 1050. The van der Waals surface area contributed by atoms with Gasteiger partial charge >= 0.3 is 6.03 Å². The van der Waals surface area contributed by atoms with Crippen molar-refractivity contribution in [3.05, 3.63) is 60.2 Å². The Hall–Kier alpha value is -3.59. The van der Waals surface area contributed by atoms with Crippen LogP contribution in [0.25, 0.3) is 0 Å². The van der Waals surface area contributed by atoms with Crippen molar-refractivity contribution < 1.29 is 23.9 Å². The van der Waals surface area contributed by atoms with Gasteiger partial charge in [0.2, 0.25) is 0 Å². The van der Waals surface area contributed by atoms with E-state index in [4.69, 9.17) is 9.47 Å². The van der Waals surface area contributed by atoms with Crippen LogP contribution in [-0.4, -0.2) is 60.1 Å². The molecule has 2 heterocycles. The van der Waals surface area contributed by atoms with Crippen LogP contribution in [-0.2, 0) is 15.1 Å². The lowest BCUT2D eigenvalue weighted by molar-refractivity contribution is -0.140. The molecule has 0 spiro atoms. The number of piperidine rings is 1. The van der Waals surface area contributed by atoms with Gasteiger partial charge in [-0.1, -0.05) is 49.4 Å². The highest BCUT2D eigenvalue weighted by Crippen LogP contribution is 2.32. The van der Waals surface area contributed by atoms with Crippen LogP contribution in [0.3, 0.4) is 0 Å². The van der Waals surface area contributed by atoms with E-state index >= 15 is 0 Å². The second kappa shape index (κ2) is 10.8. The second-order valence-corrected chi connectivity index (χ2v) is 8.70. The summed E-state index contributed by atoms with van der Waals surface area (Å²) < 4.78 is 11.8. The first-order valence-corrected chi connectivity index (χ1v) is 12.1. The molecule has 9 nitrogen and oxygen atoms in total. The molecule has 2 N–H and O–H groups in total. The van der Waals surface area contributed by atoms with Crippen LogP contribution in [0.15, 0.2) is 54.6 Å². The number of likely N-dealkylation sites (tertiary alicyclic amines) is 1. The van der Waals surface area contributed by atoms with Gasteiger partial charge in [-0.3, -0.25) is 19.9 Å². The van der Waals surface area contributed by atoms with Gasteiger partial charge in [0.1, 0.15) is 11.6 Å². The molecule has 0 radical (unpaired) electrons. The van der Waals surface area contributed by atoms with Gasteiger partial charge < -0.3 is 14.8 Å². The van der Waals surface area contributed by atoms with Gasteiger partial charge in [-0.05, 0) is 43.9 Å². The first kappa shape index (κ1) is 24.5. The Labute approximate surface area is 205 Å². The smallest absolute Gasteiger partial charge is 0.344 e. The molecule has 9 heteroatoms. The van der Waals surface area contributed by atoms with Crippen molar-refractivity contribution >= 4 is 17.8 Å². The Morgan fingerprint density at radius 3 is 2.34 bits per heavy atom. The Kier molecular flexibility index (Phi) is 7.55. The van der Waals surface area contributed by atoms with Crippen LogP contribution in [0.1, 0.15) is 38.7 Å². The molecule has 0 saturated carbocycles. The zero-order valence-electron chi connectivity index (χ0n) is 20.2. The van der Waals surface area contributed by atoms with Crippen LogP contribution in [0, 0.1) is 0 Å². The Morgan fingerprint density at radius 2 is 1.69 bits per heavy atom. The molecule has 0 aliphatic carbocycles. The number of rotatable bonds is 9. The molecule has 2 aromatic carbocycles. The lowest BCUT2D eigenvalue weighted by Crippen LogP contribution is -2.52. The van der Waals surface area contributed by atoms with Gasteiger partial charge in [0, 0.05) is 13.1 Å². The Balaban J connectivity index is 1.30. The number of carbonyl (C=O) groups excluding carboxylic acids is 3. The average Bonchev–Trinajstić information content (AvgIpc) is 3.12. The third kappa shape index (κ3) is 5.24.